The second-order valence-corrected chi connectivity index (χ2v) is 6.48. The van der Waals surface area contributed by atoms with Crippen LogP contribution < -0.4 is 11.0 Å². The van der Waals surface area contributed by atoms with Crippen molar-refractivity contribution >= 4 is 11.8 Å². The van der Waals surface area contributed by atoms with Gasteiger partial charge in [0.15, 0.2) is 12.4 Å². The fourth-order valence-electron chi connectivity index (χ4n) is 2.75. The minimum absolute atomic E-state index is 0.0442. The van der Waals surface area contributed by atoms with Crippen LogP contribution in [0.5, 0.6) is 0 Å². The molecule has 3 N–H and O–H groups in total. The van der Waals surface area contributed by atoms with Crippen LogP contribution >= 0.6 is 0 Å². The molecule has 0 saturated carbocycles. The Morgan fingerprint density at radius 2 is 2.32 bits per heavy atom. The molecule has 0 aliphatic carbocycles. The van der Waals surface area contributed by atoms with E-state index in [0.717, 1.165) is 10.8 Å². The third-order valence-electron chi connectivity index (χ3n) is 4.33. The molecule has 5 atom stereocenters. The summed E-state index contributed by atoms with van der Waals surface area (Å²) in [6.07, 6.45) is -4.70. The van der Waals surface area contributed by atoms with Crippen molar-refractivity contribution in [1.82, 2.24) is 9.55 Å². The maximum Gasteiger partial charge on any atom is 0.351 e. The number of halogens is 1. The van der Waals surface area contributed by atoms with Gasteiger partial charge in [-0.1, -0.05) is 19.0 Å². The van der Waals surface area contributed by atoms with Gasteiger partial charge >= 0.3 is 11.7 Å². The molecule has 2 heterocycles. The number of aliphatic hydroxyl groups excluding tert-OH is 2. The van der Waals surface area contributed by atoms with Crippen LogP contribution in [0.2, 0.25) is 0 Å². The summed E-state index contributed by atoms with van der Waals surface area (Å²) in [4.78, 5) is 30.3. The number of nitrogens with zero attached hydrogens (tertiary/aromatic N) is 5. The number of methoxy groups -OCH3 is 1. The van der Waals surface area contributed by atoms with Gasteiger partial charge in [-0.3, -0.25) is 4.57 Å². The zero-order chi connectivity index (χ0) is 21.1. The third-order valence-corrected chi connectivity index (χ3v) is 4.33. The number of anilines is 1. The van der Waals surface area contributed by atoms with Crippen molar-refractivity contribution < 1.29 is 28.9 Å². The van der Waals surface area contributed by atoms with Crippen LogP contribution in [-0.2, 0) is 14.3 Å². The molecule has 0 spiro atoms. The van der Waals surface area contributed by atoms with Crippen LogP contribution in [0.4, 0.5) is 10.2 Å². The van der Waals surface area contributed by atoms with E-state index in [-0.39, 0.29) is 11.7 Å². The summed E-state index contributed by atoms with van der Waals surface area (Å²) in [6, 6.07) is 0.535. The minimum atomic E-state index is -2.26. The number of ether oxygens (including phenoxy) is 2. The largest absolute Gasteiger partial charge is 0.467 e. The van der Waals surface area contributed by atoms with Crippen molar-refractivity contribution in [1.29, 1.82) is 0 Å². The van der Waals surface area contributed by atoms with Gasteiger partial charge in [-0.05, 0) is 17.5 Å². The lowest BCUT2D eigenvalue weighted by Gasteiger charge is -2.23. The molecule has 0 aromatic carbocycles. The highest BCUT2D eigenvalue weighted by molar-refractivity contribution is 5.79. The predicted octanol–water partition coefficient (Wildman–Crippen LogP) is 0.0795. The van der Waals surface area contributed by atoms with Gasteiger partial charge in [0, 0.05) is 11.1 Å². The maximum absolute atomic E-state index is 14.5. The van der Waals surface area contributed by atoms with E-state index in [4.69, 9.17) is 15.0 Å². The Bertz CT molecular complexity index is 827. The van der Waals surface area contributed by atoms with E-state index in [2.05, 4.69) is 20.3 Å². The fourth-order valence-corrected chi connectivity index (χ4v) is 2.75. The summed E-state index contributed by atoms with van der Waals surface area (Å²) >= 11 is 0. The molecule has 1 fully saturated rings. The summed E-state index contributed by atoms with van der Waals surface area (Å²) in [5, 5.41) is 25.2. The molecule has 2 rings (SSSR count). The fraction of sp³-hybridized carbons (Fsp3) is 0.667. The summed E-state index contributed by atoms with van der Waals surface area (Å²) in [6.45, 7) is 2.54. The first kappa shape index (κ1) is 21.6. The number of azide groups is 1. The maximum atomic E-state index is 14.5. The lowest BCUT2D eigenvalue weighted by atomic mass is 10.0. The monoisotopic (exact) mass is 400 g/mol. The lowest BCUT2D eigenvalue weighted by Crippen LogP contribution is -2.43. The van der Waals surface area contributed by atoms with Crippen molar-refractivity contribution in [2.45, 2.75) is 44.1 Å². The second kappa shape index (κ2) is 8.52. The number of aromatic nitrogens is 2. The first-order chi connectivity index (χ1) is 13.2. The molecule has 1 saturated heterocycles. The van der Waals surface area contributed by atoms with Crippen molar-refractivity contribution in [2.24, 2.45) is 11.0 Å². The molecule has 0 radical (unpaired) electrons. The van der Waals surface area contributed by atoms with Crippen LogP contribution in [0, 0.1) is 5.92 Å². The first-order valence-electron chi connectivity index (χ1n) is 8.31. The van der Waals surface area contributed by atoms with Gasteiger partial charge < -0.3 is 25.0 Å². The number of carbonyl (C=O) groups is 1. The first-order valence-corrected chi connectivity index (χ1v) is 8.31. The molecule has 0 amide bonds. The normalized spacial score (nSPS) is 27.9. The van der Waals surface area contributed by atoms with Crippen molar-refractivity contribution in [3.05, 3.63) is 33.2 Å². The highest BCUT2D eigenvalue weighted by Gasteiger charge is 2.56. The van der Waals surface area contributed by atoms with E-state index >= 15 is 0 Å². The van der Waals surface area contributed by atoms with Gasteiger partial charge in [0.25, 0.3) is 0 Å². The number of hydrogen-bond donors (Lipinski definition) is 3. The molecule has 12 nitrogen and oxygen atoms in total. The Labute approximate surface area is 158 Å². The van der Waals surface area contributed by atoms with Gasteiger partial charge in [0.05, 0.1) is 13.7 Å². The molecule has 1 aliphatic rings. The molecule has 13 heteroatoms. The molecule has 28 heavy (non-hydrogen) atoms. The summed E-state index contributed by atoms with van der Waals surface area (Å²) in [5.41, 5.74) is 5.36. The number of alkyl halides is 1. The SMILES string of the molecule is COC(=O)[C@H](Nc1ccn([C@@H]2O[C@@](CO)(N=[N+]=[N-])C(O)[C@@H]2F)c(=O)n1)C(C)C. The van der Waals surface area contributed by atoms with Crippen LogP contribution in [-0.4, -0.2) is 63.5 Å². The van der Waals surface area contributed by atoms with Gasteiger partial charge in [-0.15, -0.1) is 0 Å². The summed E-state index contributed by atoms with van der Waals surface area (Å²) in [7, 11) is 1.23. The van der Waals surface area contributed by atoms with E-state index in [0.29, 0.717) is 0 Å². The smallest absolute Gasteiger partial charge is 0.351 e. The minimum Gasteiger partial charge on any atom is -0.467 e. The number of hydrogen-bond acceptors (Lipinski definition) is 9. The van der Waals surface area contributed by atoms with E-state index in [1.165, 1.54) is 13.2 Å². The molecule has 1 aromatic rings. The van der Waals surface area contributed by atoms with E-state index in [1.807, 2.05) is 0 Å². The predicted molar refractivity (Wildman–Crippen MR) is 92.7 cm³/mol. The Hall–Kier alpha value is -2.73. The van der Waals surface area contributed by atoms with E-state index < -0.39 is 48.5 Å². The number of carbonyl (C=O) groups excluding carboxylic acids is 1. The highest BCUT2D eigenvalue weighted by Crippen LogP contribution is 2.39. The summed E-state index contributed by atoms with van der Waals surface area (Å²) < 4.78 is 25.1. The van der Waals surface area contributed by atoms with Crippen molar-refractivity contribution in [3.63, 3.8) is 0 Å². The van der Waals surface area contributed by atoms with Gasteiger partial charge in [-0.2, -0.15) is 4.98 Å². The molecule has 1 aromatic heterocycles. The molecule has 1 unspecified atom stereocenters. The number of rotatable bonds is 7. The Kier molecular flexibility index (Phi) is 6.56. The van der Waals surface area contributed by atoms with Crippen LogP contribution in [0.15, 0.2) is 22.2 Å². The average Bonchev–Trinajstić information content (AvgIpc) is 2.91. The number of esters is 1. The van der Waals surface area contributed by atoms with E-state index in [9.17, 15) is 24.2 Å². The van der Waals surface area contributed by atoms with Crippen LogP contribution in [0.25, 0.3) is 10.4 Å². The lowest BCUT2D eigenvalue weighted by molar-refractivity contribution is -0.142. The third kappa shape index (κ3) is 3.92. The Morgan fingerprint density at radius 3 is 2.82 bits per heavy atom. The van der Waals surface area contributed by atoms with Crippen LogP contribution in [0.1, 0.15) is 20.1 Å². The Morgan fingerprint density at radius 1 is 1.64 bits per heavy atom. The van der Waals surface area contributed by atoms with Crippen LogP contribution in [0.3, 0.4) is 0 Å². The number of nitrogens with one attached hydrogen (secondary N) is 1. The Balaban J connectivity index is 2.31. The van der Waals surface area contributed by atoms with E-state index in [1.54, 1.807) is 13.8 Å². The van der Waals surface area contributed by atoms with Gasteiger partial charge in [0.1, 0.15) is 18.0 Å². The van der Waals surface area contributed by atoms with Crippen molar-refractivity contribution in [2.75, 3.05) is 19.0 Å². The second-order valence-electron chi connectivity index (χ2n) is 6.48. The number of aliphatic hydroxyl groups is 2. The quantitative estimate of drug-likeness (QED) is 0.250. The van der Waals surface area contributed by atoms with Gasteiger partial charge in [-0.25, -0.2) is 14.0 Å². The molecule has 0 bridgehead atoms. The zero-order valence-electron chi connectivity index (χ0n) is 15.4. The van der Waals surface area contributed by atoms with Crippen molar-refractivity contribution in [3.8, 4) is 0 Å². The highest BCUT2D eigenvalue weighted by atomic mass is 19.1. The average molecular weight is 400 g/mol. The standard InChI is InChI=1S/C15H21FN6O6/c1-7(2)10(13(25)27-3)18-8-4-5-22(14(26)19-8)12-9(16)11(24)15(6-23,28-12)20-21-17/h4-5,7,9-12,23-24H,6H2,1-3H3,(H,18,19,26)/t9-,10+,11?,12+,15+/m0/s1. The van der Waals surface area contributed by atoms with Gasteiger partial charge in [0.2, 0.25) is 5.72 Å². The molecule has 154 valence electrons. The topological polar surface area (TPSA) is 172 Å². The molecular formula is C15H21FN6O6. The zero-order valence-corrected chi connectivity index (χ0v) is 15.4. The summed E-state index contributed by atoms with van der Waals surface area (Å²) in [5.74, 6) is -0.675. The molecule has 1 aliphatic heterocycles. The molecular weight excluding hydrogens is 379 g/mol.